The van der Waals surface area contributed by atoms with Crippen molar-refractivity contribution in [3.63, 3.8) is 0 Å². The average Bonchev–Trinajstić information content (AvgIpc) is 2.61. The number of aromatic nitrogens is 3. The number of hydrogen-bond donors (Lipinski definition) is 2. The number of pyridine rings is 1. The zero-order valence-electron chi connectivity index (χ0n) is 14.7. The molecular formula is C19H18F3N5. The topological polar surface area (TPSA) is 62.7 Å². The maximum Gasteiger partial charge on any atom is 0.416 e. The molecule has 5 nitrogen and oxygen atoms in total. The Kier molecular flexibility index (Phi) is 5.25. The Morgan fingerprint density at radius 2 is 1.81 bits per heavy atom. The minimum absolute atomic E-state index is 0.0931. The van der Waals surface area contributed by atoms with Crippen LogP contribution in [0.15, 0.2) is 54.9 Å². The van der Waals surface area contributed by atoms with Crippen LogP contribution in [-0.4, -0.2) is 21.0 Å². The van der Waals surface area contributed by atoms with Crippen LogP contribution in [-0.2, 0) is 6.18 Å². The molecule has 140 valence electrons. The Balaban J connectivity index is 1.97. The van der Waals surface area contributed by atoms with Crippen molar-refractivity contribution in [2.45, 2.75) is 26.1 Å². The molecule has 0 saturated heterocycles. The van der Waals surface area contributed by atoms with E-state index in [0.717, 1.165) is 17.7 Å². The average molecular weight is 373 g/mol. The molecule has 1 aromatic carbocycles. The molecule has 2 aromatic heterocycles. The molecule has 0 bridgehead atoms. The van der Waals surface area contributed by atoms with Gasteiger partial charge in [-0.05, 0) is 44.2 Å². The van der Waals surface area contributed by atoms with E-state index in [4.69, 9.17) is 0 Å². The van der Waals surface area contributed by atoms with Crippen molar-refractivity contribution in [1.82, 2.24) is 15.0 Å². The molecule has 0 aliphatic rings. The second-order valence-corrected chi connectivity index (χ2v) is 6.21. The van der Waals surface area contributed by atoms with Crippen LogP contribution in [0, 0.1) is 0 Å². The van der Waals surface area contributed by atoms with Crippen LogP contribution in [0.1, 0.15) is 19.4 Å². The van der Waals surface area contributed by atoms with Crippen LogP contribution < -0.4 is 10.6 Å². The van der Waals surface area contributed by atoms with Crippen LogP contribution in [0.3, 0.4) is 0 Å². The molecule has 0 aliphatic carbocycles. The summed E-state index contributed by atoms with van der Waals surface area (Å²) in [6.45, 7) is 3.89. The van der Waals surface area contributed by atoms with Gasteiger partial charge in [-0.2, -0.15) is 18.2 Å². The largest absolute Gasteiger partial charge is 0.416 e. The first-order valence-corrected chi connectivity index (χ1v) is 8.31. The summed E-state index contributed by atoms with van der Waals surface area (Å²) in [5.74, 6) is 0.757. The van der Waals surface area contributed by atoms with Crippen LogP contribution >= 0.6 is 0 Å². The van der Waals surface area contributed by atoms with Crippen molar-refractivity contribution < 1.29 is 13.2 Å². The second kappa shape index (κ2) is 7.61. The summed E-state index contributed by atoms with van der Waals surface area (Å²) >= 11 is 0. The van der Waals surface area contributed by atoms with Gasteiger partial charge >= 0.3 is 6.18 Å². The fraction of sp³-hybridized carbons (Fsp3) is 0.211. The Morgan fingerprint density at radius 1 is 1.00 bits per heavy atom. The smallest absolute Gasteiger partial charge is 0.352 e. The summed E-state index contributed by atoms with van der Waals surface area (Å²) in [6, 6.07) is 10.4. The molecule has 8 heteroatoms. The molecule has 0 fully saturated rings. The highest BCUT2D eigenvalue weighted by Gasteiger charge is 2.30. The zero-order valence-corrected chi connectivity index (χ0v) is 14.7. The number of hydrogen-bond acceptors (Lipinski definition) is 5. The molecule has 3 rings (SSSR count). The van der Waals surface area contributed by atoms with Gasteiger partial charge in [-0.1, -0.05) is 6.07 Å². The van der Waals surface area contributed by atoms with Gasteiger partial charge < -0.3 is 10.6 Å². The number of rotatable bonds is 5. The monoisotopic (exact) mass is 373 g/mol. The highest BCUT2D eigenvalue weighted by molar-refractivity contribution is 5.67. The Morgan fingerprint density at radius 3 is 2.48 bits per heavy atom. The van der Waals surface area contributed by atoms with E-state index in [2.05, 4.69) is 25.6 Å². The summed E-state index contributed by atoms with van der Waals surface area (Å²) in [4.78, 5) is 12.9. The van der Waals surface area contributed by atoms with E-state index in [0.29, 0.717) is 17.5 Å². The Bertz CT molecular complexity index is 911. The summed E-state index contributed by atoms with van der Waals surface area (Å²) in [6.07, 6.45) is -1.09. The summed E-state index contributed by atoms with van der Waals surface area (Å²) in [7, 11) is 0. The zero-order chi connectivity index (χ0) is 19.4. The lowest BCUT2D eigenvalue weighted by Crippen LogP contribution is -2.13. The Labute approximate surface area is 154 Å². The van der Waals surface area contributed by atoms with E-state index in [1.165, 1.54) is 6.07 Å². The molecular weight excluding hydrogens is 355 g/mol. The molecule has 0 radical (unpaired) electrons. The number of nitrogens with one attached hydrogen (secondary N) is 2. The molecule has 0 unspecified atom stereocenters. The summed E-state index contributed by atoms with van der Waals surface area (Å²) in [5.41, 5.74) is 0.945. The lowest BCUT2D eigenvalue weighted by Gasteiger charge is -2.14. The van der Waals surface area contributed by atoms with Crippen molar-refractivity contribution in [3.8, 4) is 11.3 Å². The number of benzene rings is 1. The maximum atomic E-state index is 12.9. The van der Waals surface area contributed by atoms with Crippen molar-refractivity contribution in [1.29, 1.82) is 0 Å². The molecule has 3 aromatic rings. The Hall–Kier alpha value is -3.16. The lowest BCUT2D eigenvalue weighted by molar-refractivity contribution is -0.137. The normalized spacial score (nSPS) is 11.5. The van der Waals surface area contributed by atoms with Crippen molar-refractivity contribution in [2.24, 2.45) is 0 Å². The van der Waals surface area contributed by atoms with Gasteiger partial charge in [0.25, 0.3) is 0 Å². The predicted molar refractivity (Wildman–Crippen MR) is 98.7 cm³/mol. The number of alkyl halides is 3. The molecule has 0 aliphatic heterocycles. The van der Waals surface area contributed by atoms with Crippen LogP contribution in [0.25, 0.3) is 11.3 Å². The molecule has 0 amide bonds. The first kappa shape index (κ1) is 18.6. The third-order valence-electron chi connectivity index (χ3n) is 3.56. The van der Waals surface area contributed by atoms with Gasteiger partial charge in [0.05, 0.1) is 11.3 Å². The molecule has 27 heavy (non-hydrogen) atoms. The lowest BCUT2D eigenvalue weighted by atomic mass is 10.2. The van der Waals surface area contributed by atoms with E-state index in [9.17, 15) is 13.2 Å². The first-order valence-electron chi connectivity index (χ1n) is 8.31. The second-order valence-electron chi connectivity index (χ2n) is 6.21. The quantitative estimate of drug-likeness (QED) is 0.650. The third-order valence-corrected chi connectivity index (χ3v) is 3.56. The standard InChI is InChI=1S/C19H18F3N5/c1-12(2)24-18-26-16(13-5-4-8-23-11-13)10-17(27-18)25-15-7-3-6-14(9-15)19(20,21)22/h3-12H,1-2H3,(H2,24,25,26,27). The highest BCUT2D eigenvalue weighted by Crippen LogP contribution is 2.31. The van der Waals surface area contributed by atoms with Crippen LogP contribution in [0.2, 0.25) is 0 Å². The first-order chi connectivity index (χ1) is 12.8. The van der Waals surface area contributed by atoms with Crippen LogP contribution in [0.5, 0.6) is 0 Å². The fourth-order valence-corrected chi connectivity index (χ4v) is 2.42. The molecule has 0 spiro atoms. The maximum absolute atomic E-state index is 12.9. The predicted octanol–water partition coefficient (Wildman–Crippen LogP) is 5.12. The minimum Gasteiger partial charge on any atom is -0.352 e. The van der Waals surface area contributed by atoms with Gasteiger partial charge in [0.2, 0.25) is 5.95 Å². The van der Waals surface area contributed by atoms with Gasteiger partial charge in [0, 0.05) is 35.8 Å². The molecule has 2 heterocycles. The minimum atomic E-state index is -4.41. The number of nitrogens with zero attached hydrogens (tertiary/aromatic N) is 3. The fourth-order valence-electron chi connectivity index (χ4n) is 2.42. The summed E-state index contributed by atoms with van der Waals surface area (Å²) < 4.78 is 38.8. The molecule has 0 saturated carbocycles. The van der Waals surface area contributed by atoms with Crippen LogP contribution in [0.4, 0.5) is 30.6 Å². The van der Waals surface area contributed by atoms with Crippen molar-refractivity contribution in [2.75, 3.05) is 10.6 Å². The molecule has 0 atom stereocenters. The van der Waals surface area contributed by atoms with E-state index in [1.54, 1.807) is 30.6 Å². The van der Waals surface area contributed by atoms with Gasteiger partial charge in [0.1, 0.15) is 5.82 Å². The van der Waals surface area contributed by atoms with E-state index in [-0.39, 0.29) is 11.7 Å². The van der Waals surface area contributed by atoms with E-state index >= 15 is 0 Å². The number of halogens is 3. The summed E-state index contributed by atoms with van der Waals surface area (Å²) in [5, 5.41) is 6.04. The van der Waals surface area contributed by atoms with Crippen molar-refractivity contribution >= 4 is 17.5 Å². The third kappa shape index (κ3) is 4.93. The van der Waals surface area contributed by atoms with Gasteiger partial charge in [0.15, 0.2) is 0 Å². The van der Waals surface area contributed by atoms with E-state index in [1.807, 2.05) is 19.9 Å². The van der Waals surface area contributed by atoms with Gasteiger partial charge in [-0.3, -0.25) is 4.98 Å². The van der Waals surface area contributed by atoms with E-state index < -0.39 is 11.7 Å². The van der Waals surface area contributed by atoms with Crippen molar-refractivity contribution in [3.05, 3.63) is 60.4 Å². The SMILES string of the molecule is CC(C)Nc1nc(Nc2cccc(C(F)(F)F)c2)cc(-c2cccnc2)n1. The van der Waals surface area contributed by atoms with Gasteiger partial charge in [-0.15, -0.1) is 0 Å². The highest BCUT2D eigenvalue weighted by atomic mass is 19.4. The van der Waals surface area contributed by atoms with Gasteiger partial charge in [-0.25, -0.2) is 4.98 Å². The number of anilines is 3. The molecule has 2 N–H and O–H groups in total.